The van der Waals surface area contributed by atoms with Gasteiger partial charge in [-0.25, -0.2) is 13.5 Å². The first-order chi connectivity index (χ1) is 20.6. The van der Waals surface area contributed by atoms with Gasteiger partial charge in [0.05, 0.1) is 41.8 Å². The molecule has 6 aromatic rings. The number of hydrogen-bond donors (Lipinski definition) is 0. The van der Waals surface area contributed by atoms with Crippen molar-refractivity contribution < 1.29 is 26.5 Å². The molecular weight excluding hydrogens is 587 g/mol. The van der Waals surface area contributed by atoms with Crippen LogP contribution in [0, 0.1) is 18.6 Å². The summed E-state index contributed by atoms with van der Waals surface area (Å²) in [6.45, 7) is 2.07. The van der Waals surface area contributed by atoms with Crippen molar-refractivity contribution in [3.8, 4) is 28.4 Å². The highest BCUT2D eigenvalue weighted by atomic mass is 32.1. The van der Waals surface area contributed by atoms with Gasteiger partial charge in [0.15, 0.2) is 10.6 Å². The number of nitrogens with zero attached hydrogens (tertiary/aromatic N) is 6. The predicted molar refractivity (Wildman–Crippen MR) is 149 cm³/mol. The molecule has 218 valence electrons. The Morgan fingerprint density at radius 2 is 1.81 bits per heavy atom. The highest BCUT2D eigenvalue weighted by Crippen LogP contribution is 2.30. The second-order valence-corrected chi connectivity index (χ2v) is 10.5. The van der Waals surface area contributed by atoms with Crippen molar-refractivity contribution in [2.24, 2.45) is 4.99 Å². The molecule has 43 heavy (non-hydrogen) atoms. The van der Waals surface area contributed by atoms with Gasteiger partial charge >= 0.3 is 6.18 Å². The Morgan fingerprint density at radius 3 is 2.60 bits per heavy atom. The lowest BCUT2D eigenvalue weighted by Gasteiger charge is -2.08. The fourth-order valence-corrected chi connectivity index (χ4v) is 5.35. The lowest BCUT2D eigenvalue weighted by molar-refractivity contribution is -0.137. The maximum Gasteiger partial charge on any atom is 0.416 e. The van der Waals surface area contributed by atoms with Crippen LogP contribution in [0.5, 0.6) is 0 Å². The van der Waals surface area contributed by atoms with Crippen LogP contribution in [0.4, 0.5) is 22.0 Å². The predicted octanol–water partition coefficient (Wildman–Crippen LogP) is 7.21. The molecule has 0 saturated heterocycles. The Balaban J connectivity index is 1.38. The molecule has 0 radical (unpaired) electrons. The standard InChI is InChI=1S/C30H21F5N6OS/c1-18-4-2-7-23(10-18)41-16-26(37-39-41)27-17-43-29(36-14-19-5-3-6-20(11-19)30(33,34)35)40(27)15-22-13-28(42-38-22)24-9-8-21(31)12-25(24)32/h2-13,16-17H,14-15H2,1H3. The van der Waals surface area contributed by atoms with Crippen LogP contribution in [0.15, 0.2) is 93.9 Å². The van der Waals surface area contributed by atoms with Crippen molar-refractivity contribution in [1.82, 2.24) is 24.7 Å². The van der Waals surface area contributed by atoms with Crippen molar-refractivity contribution in [1.29, 1.82) is 0 Å². The Labute approximate surface area is 245 Å². The maximum atomic E-state index is 14.4. The number of rotatable bonds is 7. The second kappa shape index (κ2) is 11.4. The van der Waals surface area contributed by atoms with E-state index in [2.05, 4.69) is 20.5 Å². The third kappa shape index (κ3) is 6.16. The van der Waals surface area contributed by atoms with Gasteiger partial charge < -0.3 is 9.09 Å². The monoisotopic (exact) mass is 608 g/mol. The molecular formula is C30H21F5N6OS. The molecule has 0 atom stereocenters. The molecule has 6 rings (SSSR count). The number of thiazole rings is 1. The van der Waals surface area contributed by atoms with Crippen LogP contribution in [0.2, 0.25) is 0 Å². The quantitative estimate of drug-likeness (QED) is 0.180. The van der Waals surface area contributed by atoms with Crippen LogP contribution in [-0.2, 0) is 19.3 Å². The number of aromatic nitrogens is 5. The van der Waals surface area contributed by atoms with E-state index in [1.807, 2.05) is 36.6 Å². The van der Waals surface area contributed by atoms with Gasteiger partial charge in [-0.15, -0.1) is 16.4 Å². The van der Waals surface area contributed by atoms with Gasteiger partial charge in [0.1, 0.15) is 23.0 Å². The first-order valence-electron chi connectivity index (χ1n) is 12.9. The third-order valence-corrected chi connectivity index (χ3v) is 7.45. The summed E-state index contributed by atoms with van der Waals surface area (Å²) in [6.07, 6.45) is -2.71. The summed E-state index contributed by atoms with van der Waals surface area (Å²) < 4.78 is 76.3. The van der Waals surface area contributed by atoms with Gasteiger partial charge in [-0.05, 0) is 54.4 Å². The van der Waals surface area contributed by atoms with Gasteiger partial charge in [0.2, 0.25) is 0 Å². The van der Waals surface area contributed by atoms with Crippen molar-refractivity contribution in [2.45, 2.75) is 26.2 Å². The average Bonchev–Trinajstić information content (AvgIpc) is 3.72. The molecule has 13 heteroatoms. The molecule has 3 aromatic heterocycles. The fraction of sp³-hybridized carbons (Fsp3) is 0.133. The van der Waals surface area contributed by atoms with E-state index in [4.69, 9.17) is 4.52 Å². The van der Waals surface area contributed by atoms with Gasteiger partial charge in [0, 0.05) is 17.5 Å². The topological polar surface area (TPSA) is 74.0 Å². The Bertz CT molecular complexity index is 1990. The molecule has 0 aliphatic heterocycles. The Hall–Kier alpha value is -4.91. The zero-order chi connectivity index (χ0) is 30.1. The highest BCUT2D eigenvalue weighted by Gasteiger charge is 2.30. The van der Waals surface area contributed by atoms with E-state index < -0.39 is 23.4 Å². The number of aryl methyl sites for hydroxylation is 1. The van der Waals surface area contributed by atoms with E-state index in [1.165, 1.54) is 29.5 Å². The molecule has 0 N–H and O–H groups in total. The smallest absolute Gasteiger partial charge is 0.356 e. The second-order valence-electron chi connectivity index (χ2n) is 9.70. The molecule has 0 amide bonds. The number of benzene rings is 3. The first-order valence-corrected chi connectivity index (χ1v) is 13.8. The highest BCUT2D eigenvalue weighted by molar-refractivity contribution is 7.07. The van der Waals surface area contributed by atoms with Crippen LogP contribution in [0.1, 0.15) is 22.4 Å². The van der Waals surface area contributed by atoms with E-state index >= 15 is 0 Å². The van der Waals surface area contributed by atoms with Crippen molar-refractivity contribution in [3.05, 3.63) is 123 Å². The summed E-state index contributed by atoms with van der Waals surface area (Å²) in [4.78, 5) is 5.09. The normalized spacial score (nSPS) is 12.3. The molecule has 0 spiro atoms. The van der Waals surface area contributed by atoms with E-state index in [9.17, 15) is 22.0 Å². The summed E-state index contributed by atoms with van der Waals surface area (Å²) in [5, 5.41) is 14.5. The van der Waals surface area contributed by atoms with E-state index in [0.717, 1.165) is 35.5 Å². The van der Waals surface area contributed by atoms with Crippen molar-refractivity contribution in [2.75, 3.05) is 0 Å². The lowest BCUT2D eigenvalue weighted by atomic mass is 10.1. The maximum absolute atomic E-state index is 14.4. The minimum Gasteiger partial charge on any atom is -0.356 e. The van der Waals surface area contributed by atoms with E-state index in [-0.39, 0.29) is 24.4 Å². The zero-order valence-electron chi connectivity index (χ0n) is 22.4. The third-order valence-electron chi connectivity index (χ3n) is 6.55. The first kappa shape index (κ1) is 28.2. The van der Waals surface area contributed by atoms with Gasteiger partial charge in [-0.2, -0.15) is 13.2 Å². The minimum atomic E-state index is -4.47. The Kier molecular flexibility index (Phi) is 7.48. The molecule has 3 aromatic carbocycles. The summed E-state index contributed by atoms with van der Waals surface area (Å²) in [5.74, 6) is -1.40. The summed E-state index contributed by atoms with van der Waals surface area (Å²) in [5.41, 5.74) is 3.10. The average molecular weight is 609 g/mol. The van der Waals surface area contributed by atoms with Crippen LogP contribution in [0.3, 0.4) is 0 Å². The van der Waals surface area contributed by atoms with Crippen LogP contribution in [0.25, 0.3) is 28.4 Å². The lowest BCUT2D eigenvalue weighted by Crippen LogP contribution is -2.17. The van der Waals surface area contributed by atoms with Gasteiger partial charge in [0.25, 0.3) is 0 Å². The molecule has 0 bridgehead atoms. The SMILES string of the molecule is Cc1cccc(-n2cc(-c3csc(=NCc4cccc(C(F)(F)F)c4)n3Cc3cc(-c4ccc(F)cc4F)on3)nn2)c1. The van der Waals surface area contributed by atoms with E-state index in [0.29, 0.717) is 27.4 Å². The number of hydrogen-bond acceptors (Lipinski definition) is 6. The summed E-state index contributed by atoms with van der Waals surface area (Å²) in [7, 11) is 0. The van der Waals surface area contributed by atoms with Crippen molar-refractivity contribution in [3.63, 3.8) is 0 Å². The summed E-state index contributed by atoms with van der Waals surface area (Å²) in [6, 6.07) is 17.4. The molecule has 0 unspecified atom stereocenters. The molecule has 0 saturated carbocycles. The minimum absolute atomic E-state index is 0.00921. The molecule has 0 aliphatic carbocycles. The van der Waals surface area contributed by atoms with Crippen LogP contribution < -0.4 is 4.80 Å². The van der Waals surface area contributed by atoms with Crippen LogP contribution in [-0.4, -0.2) is 24.7 Å². The largest absolute Gasteiger partial charge is 0.416 e. The molecule has 0 fully saturated rings. The zero-order valence-corrected chi connectivity index (χ0v) is 23.2. The van der Waals surface area contributed by atoms with Crippen molar-refractivity contribution >= 4 is 11.3 Å². The van der Waals surface area contributed by atoms with Gasteiger partial charge in [-0.1, -0.05) is 34.6 Å². The van der Waals surface area contributed by atoms with E-state index in [1.54, 1.807) is 21.5 Å². The molecule has 0 aliphatic rings. The molecule has 3 heterocycles. The Morgan fingerprint density at radius 1 is 0.977 bits per heavy atom. The number of alkyl halides is 3. The van der Waals surface area contributed by atoms with Gasteiger partial charge in [-0.3, -0.25) is 4.99 Å². The number of halogens is 5. The fourth-order valence-electron chi connectivity index (χ4n) is 4.46. The molecule has 7 nitrogen and oxygen atoms in total. The summed E-state index contributed by atoms with van der Waals surface area (Å²) >= 11 is 1.27. The van der Waals surface area contributed by atoms with Crippen LogP contribution >= 0.6 is 11.3 Å².